The fourth-order valence-corrected chi connectivity index (χ4v) is 3.50. The maximum Gasteiger partial charge on any atom is 0.409 e. The average Bonchev–Trinajstić information content (AvgIpc) is 2.95. The van der Waals surface area contributed by atoms with Crippen LogP contribution in [0.3, 0.4) is 0 Å². The van der Waals surface area contributed by atoms with E-state index in [1.54, 1.807) is 25.9 Å². The number of hydrogen-bond acceptors (Lipinski definition) is 5. The number of nitrogens with one attached hydrogen (secondary N) is 2. The van der Waals surface area contributed by atoms with Gasteiger partial charge in [-0.2, -0.15) is 5.26 Å². The zero-order chi connectivity index (χ0) is 20.1. The second kappa shape index (κ2) is 9.06. The average molecular weight is 439 g/mol. The first kappa shape index (κ1) is 21.0. The molecule has 1 aromatic heterocycles. The minimum absolute atomic E-state index is 0.158. The Morgan fingerprint density at radius 1 is 1.52 bits per heavy atom. The zero-order valence-corrected chi connectivity index (χ0v) is 17.2. The van der Waals surface area contributed by atoms with Crippen LogP contribution in [0.25, 0.3) is 0 Å². The number of carbonyl (C=O) groups is 2. The van der Waals surface area contributed by atoms with Gasteiger partial charge >= 0.3 is 6.09 Å². The van der Waals surface area contributed by atoms with E-state index in [1.807, 2.05) is 6.07 Å². The summed E-state index contributed by atoms with van der Waals surface area (Å²) in [7, 11) is 1.56. The molecule has 1 saturated heterocycles. The summed E-state index contributed by atoms with van der Waals surface area (Å²) in [6.45, 7) is 8.64. The fraction of sp³-hybridized carbons (Fsp3) is 0.500. The van der Waals surface area contributed by atoms with Crippen LogP contribution < -0.4 is 5.32 Å². The Labute approximate surface area is 166 Å². The topological polar surface area (TPSA) is 107 Å². The van der Waals surface area contributed by atoms with Gasteiger partial charge in [-0.3, -0.25) is 4.79 Å². The molecule has 1 aromatic rings. The van der Waals surface area contributed by atoms with Crippen LogP contribution in [0, 0.1) is 24.2 Å². The van der Waals surface area contributed by atoms with E-state index in [-0.39, 0.29) is 29.4 Å². The molecule has 27 heavy (non-hydrogen) atoms. The highest BCUT2D eigenvalue weighted by atomic mass is 79.9. The summed E-state index contributed by atoms with van der Waals surface area (Å²) >= 11 is 3.30. The van der Waals surface area contributed by atoms with E-state index in [4.69, 9.17) is 9.47 Å². The molecule has 2 amide bonds. The van der Waals surface area contributed by atoms with Gasteiger partial charge in [0.15, 0.2) is 0 Å². The molecule has 8 nitrogen and oxygen atoms in total. The van der Waals surface area contributed by atoms with E-state index in [0.29, 0.717) is 42.0 Å². The third-order valence-electron chi connectivity index (χ3n) is 4.56. The Balaban J connectivity index is 2.07. The third kappa shape index (κ3) is 4.51. The van der Waals surface area contributed by atoms with E-state index in [9.17, 15) is 14.9 Å². The van der Waals surface area contributed by atoms with Crippen molar-refractivity contribution in [3.8, 4) is 6.07 Å². The quantitative estimate of drug-likeness (QED) is 0.734. The summed E-state index contributed by atoms with van der Waals surface area (Å²) in [5.74, 6) is -0.595. The maximum absolute atomic E-state index is 12.6. The molecule has 0 radical (unpaired) electrons. The molecule has 0 saturated carbocycles. The van der Waals surface area contributed by atoms with Gasteiger partial charge in [0.1, 0.15) is 11.8 Å². The van der Waals surface area contributed by atoms with Gasteiger partial charge in [-0.15, -0.1) is 0 Å². The predicted molar refractivity (Wildman–Crippen MR) is 102 cm³/mol. The number of amides is 2. The van der Waals surface area contributed by atoms with Gasteiger partial charge in [-0.05, 0) is 36.2 Å². The van der Waals surface area contributed by atoms with E-state index in [0.717, 1.165) is 0 Å². The van der Waals surface area contributed by atoms with Crippen LogP contribution in [0.4, 0.5) is 4.79 Å². The lowest BCUT2D eigenvalue weighted by Gasteiger charge is -2.37. The van der Waals surface area contributed by atoms with Gasteiger partial charge in [0.25, 0.3) is 5.91 Å². The molecule has 1 aliphatic heterocycles. The Bertz CT molecular complexity index is 783. The number of methoxy groups -OCH3 is 1. The van der Waals surface area contributed by atoms with Gasteiger partial charge < -0.3 is 24.7 Å². The SMILES string of the molecule is C=C(NC(=O)c1[nH]c(C)c(Br)c1C#N)C1CCN(C(=O)OCC)CC1OC. The number of hydrogen-bond donors (Lipinski definition) is 2. The molecule has 0 spiro atoms. The van der Waals surface area contributed by atoms with Crippen LogP contribution in [0.5, 0.6) is 0 Å². The summed E-state index contributed by atoms with van der Waals surface area (Å²) in [6, 6.07) is 2.02. The van der Waals surface area contributed by atoms with Crippen molar-refractivity contribution in [3.63, 3.8) is 0 Å². The second-order valence-corrected chi connectivity index (χ2v) is 7.01. The highest BCUT2D eigenvalue weighted by Crippen LogP contribution is 2.27. The van der Waals surface area contributed by atoms with E-state index >= 15 is 0 Å². The first-order chi connectivity index (χ1) is 12.8. The summed E-state index contributed by atoms with van der Waals surface area (Å²) in [5.41, 5.74) is 1.61. The highest BCUT2D eigenvalue weighted by molar-refractivity contribution is 9.10. The van der Waals surface area contributed by atoms with E-state index < -0.39 is 5.91 Å². The lowest BCUT2D eigenvalue weighted by atomic mass is 9.91. The molecule has 0 bridgehead atoms. The van der Waals surface area contributed by atoms with Gasteiger partial charge in [-0.25, -0.2) is 4.79 Å². The number of nitrogens with zero attached hydrogens (tertiary/aromatic N) is 2. The van der Waals surface area contributed by atoms with Crippen molar-refractivity contribution >= 4 is 27.9 Å². The van der Waals surface area contributed by atoms with Gasteiger partial charge in [0.2, 0.25) is 0 Å². The van der Waals surface area contributed by atoms with Crippen molar-refractivity contribution in [2.45, 2.75) is 26.4 Å². The number of aromatic nitrogens is 1. The molecule has 2 rings (SSSR count). The van der Waals surface area contributed by atoms with Crippen LogP contribution in [0.2, 0.25) is 0 Å². The van der Waals surface area contributed by atoms with Crippen molar-refractivity contribution in [2.24, 2.45) is 5.92 Å². The minimum atomic E-state index is -0.437. The minimum Gasteiger partial charge on any atom is -0.450 e. The Kier molecular flexibility index (Phi) is 7.05. The van der Waals surface area contributed by atoms with Gasteiger partial charge in [-0.1, -0.05) is 6.58 Å². The van der Waals surface area contributed by atoms with Crippen LogP contribution in [0.1, 0.15) is 35.1 Å². The van der Waals surface area contributed by atoms with E-state index in [2.05, 4.69) is 32.8 Å². The molecule has 1 aliphatic rings. The van der Waals surface area contributed by atoms with Crippen LogP contribution in [-0.2, 0) is 9.47 Å². The molecule has 2 heterocycles. The van der Waals surface area contributed by atoms with E-state index in [1.165, 1.54) is 0 Å². The number of ether oxygens (including phenoxy) is 2. The van der Waals surface area contributed by atoms with Crippen molar-refractivity contribution in [3.05, 3.63) is 33.7 Å². The number of aromatic amines is 1. The lowest BCUT2D eigenvalue weighted by Crippen LogP contribution is -2.49. The smallest absolute Gasteiger partial charge is 0.409 e. The number of aryl methyl sites for hydroxylation is 1. The zero-order valence-electron chi connectivity index (χ0n) is 15.6. The number of H-pyrrole nitrogens is 1. The Morgan fingerprint density at radius 2 is 2.22 bits per heavy atom. The third-order valence-corrected chi connectivity index (χ3v) is 5.55. The van der Waals surface area contributed by atoms with Crippen molar-refractivity contribution in [1.82, 2.24) is 15.2 Å². The summed E-state index contributed by atoms with van der Waals surface area (Å²) in [6.07, 6.45) is -0.115. The Morgan fingerprint density at radius 3 is 2.81 bits per heavy atom. The van der Waals surface area contributed by atoms with Crippen LogP contribution in [0.15, 0.2) is 16.7 Å². The number of rotatable bonds is 5. The first-order valence-corrected chi connectivity index (χ1v) is 9.36. The van der Waals surface area contributed by atoms with Gasteiger partial charge in [0.05, 0.1) is 29.3 Å². The number of nitriles is 1. The number of piperidine rings is 1. The standard InChI is InChI=1S/C18H23BrN4O4/c1-5-27-18(25)23-7-6-12(14(9-23)26-4)10(2)22-17(24)16-13(8-20)15(19)11(3)21-16/h12,14,21H,2,5-7,9H2,1,3-4H3,(H,22,24). The van der Waals surface area contributed by atoms with Crippen LogP contribution in [-0.4, -0.2) is 54.8 Å². The summed E-state index contributed by atoms with van der Waals surface area (Å²) in [5, 5.41) is 12.0. The van der Waals surface area contributed by atoms with Gasteiger partial charge in [0, 0.05) is 31.0 Å². The molecule has 2 N–H and O–H groups in total. The number of halogens is 1. The lowest BCUT2D eigenvalue weighted by molar-refractivity contribution is -0.00202. The summed E-state index contributed by atoms with van der Waals surface area (Å²) in [4.78, 5) is 29.0. The molecule has 1 fully saturated rings. The van der Waals surface area contributed by atoms with Crippen molar-refractivity contribution in [2.75, 3.05) is 26.8 Å². The molecular weight excluding hydrogens is 416 g/mol. The molecule has 9 heteroatoms. The molecule has 2 atom stereocenters. The molecule has 0 aliphatic carbocycles. The number of carbonyl (C=O) groups excluding carboxylic acids is 2. The largest absolute Gasteiger partial charge is 0.450 e. The number of likely N-dealkylation sites (tertiary alicyclic amines) is 1. The summed E-state index contributed by atoms with van der Waals surface area (Å²) < 4.78 is 11.1. The monoisotopic (exact) mass is 438 g/mol. The maximum atomic E-state index is 12.6. The Hall–Kier alpha value is -2.31. The fourth-order valence-electron chi connectivity index (χ4n) is 3.11. The van der Waals surface area contributed by atoms with Crippen molar-refractivity contribution < 1.29 is 19.1 Å². The molecule has 2 unspecified atom stereocenters. The second-order valence-electron chi connectivity index (χ2n) is 6.22. The van der Waals surface area contributed by atoms with Crippen molar-refractivity contribution in [1.29, 1.82) is 5.26 Å². The first-order valence-electron chi connectivity index (χ1n) is 8.56. The molecular formula is C18H23BrN4O4. The predicted octanol–water partition coefficient (Wildman–Crippen LogP) is 2.69. The highest BCUT2D eigenvalue weighted by Gasteiger charge is 2.34. The van der Waals surface area contributed by atoms with Crippen LogP contribution >= 0.6 is 15.9 Å². The molecule has 0 aromatic carbocycles. The normalized spacial score (nSPS) is 19.3. The molecule has 146 valence electrons.